The van der Waals surface area contributed by atoms with Crippen LogP contribution in [0.3, 0.4) is 0 Å². The van der Waals surface area contributed by atoms with Crippen LogP contribution in [0, 0.1) is 6.92 Å². The molecular weight excluding hydrogens is 314 g/mol. The van der Waals surface area contributed by atoms with Gasteiger partial charge < -0.3 is 21.1 Å². The number of rotatable bonds is 6. The highest BCUT2D eigenvalue weighted by Crippen LogP contribution is 2.32. The molecule has 0 spiro atoms. The molecule has 0 amide bonds. The summed E-state index contributed by atoms with van der Waals surface area (Å²) in [5.41, 5.74) is 9.57. The van der Waals surface area contributed by atoms with E-state index in [4.69, 9.17) is 10.5 Å². The van der Waals surface area contributed by atoms with Gasteiger partial charge in [-0.3, -0.25) is 0 Å². The third-order valence-corrected chi connectivity index (χ3v) is 3.60. The first kappa shape index (κ1) is 16.6. The summed E-state index contributed by atoms with van der Waals surface area (Å²) in [6.45, 7) is 4.56. The predicted octanol–water partition coefficient (Wildman–Crippen LogP) is 4.25. The topological polar surface area (TPSA) is 85.1 Å². The standard InChI is InChI=1S/C19H21N5O/c1-3-25-16-10-5-4-9-15(16)24-19-17(20)18(21-12-22-19)23-14-8-6-7-13(2)11-14/h4-12H,3,20H2,1-2H3,(H2,21,22,23,24). The lowest BCUT2D eigenvalue weighted by atomic mass is 10.2. The number of hydrogen-bond donors (Lipinski definition) is 3. The Bertz CT molecular complexity index is 866. The molecule has 128 valence electrons. The van der Waals surface area contributed by atoms with E-state index < -0.39 is 0 Å². The van der Waals surface area contributed by atoms with Crippen LogP contribution in [-0.2, 0) is 0 Å². The molecule has 0 unspecified atom stereocenters. The number of hydrogen-bond acceptors (Lipinski definition) is 6. The lowest BCUT2D eigenvalue weighted by molar-refractivity contribution is 0.342. The molecule has 6 nitrogen and oxygen atoms in total. The smallest absolute Gasteiger partial charge is 0.159 e. The summed E-state index contributed by atoms with van der Waals surface area (Å²) in [5, 5.41) is 6.45. The van der Waals surface area contributed by atoms with Gasteiger partial charge in [0.25, 0.3) is 0 Å². The zero-order chi connectivity index (χ0) is 17.6. The molecule has 0 aliphatic heterocycles. The molecule has 0 atom stereocenters. The van der Waals surface area contributed by atoms with Crippen LogP contribution in [0.5, 0.6) is 5.75 Å². The van der Waals surface area contributed by atoms with Crippen molar-refractivity contribution in [2.75, 3.05) is 23.0 Å². The number of aromatic nitrogens is 2. The maximum atomic E-state index is 6.25. The molecule has 1 heterocycles. The Balaban J connectivity index is 1.86. The molecule has 4 N–H and O–H groups in total. The Morgan fingerprint density at radius 1 is 1.00 bits per heavy atom. The molecule has 25 heavy (non-hydrogen) atoms. The highest BCUT2D eigenvalue weighted by atomic mass is 16.5. The van der Waals surface area contributed by atoms with E-state index in [0.29, 0.717) is 23.9 Å². The average molecular weight is 335 g/mol. The highest BCUT2D eigenvalue weighted by molar-refractivity contribution is 5.81. The van der Waals surface area contributed by atoms with Crippen LogP contribution in [0.4, 0.5) is 28.7 Å². The zero-order valence-corrected chi connectivity index (χ0v) is 14.3. The second kappa shape index (κ2) is 7.53. The van der Waals surface area contributed by atoms with Crippen molar-refractivity contribution in [2.45, 2.75) is 13.8 Å². The molecule has 0 saturated carbocycles. The van der Waals surface area contributed by atoms with Crippen LogP contribution < -0.4 is 21.1 Å². The van der Waals surface area contributed by atoms with E-state index in [9.17, 15) is 0 Å². The fraction of sp³-hybridized carbons (Fsp3) is 0.158. The van der Waals surface area contributed by atoms with Crippen molar-refractivity contribution in [1.29, 1.82) is 0 Å². The number of anilines is 5. The summed E-state index contributed by atoms with van der Waals surface area (Å²) in [6, 6.07) is 15.7. The highest BCUT2D eigenvalue weighted by Gasteiger charge is 2.11. The third kappa shape index (κ3) is 3.98. The molecule has 2 aromatic carbocycles. The SMILES string of the molecule is CCOc1ccccc1Nc1ncnc(Nc2cccc(C)c2)c1N. The second-order valence-electron chi connectivity index (χ2n) is 5.53. The van der Waals surface area contributed by atoms with Gasteiger partial charge in [-0.2, -0.15) is 0 Å². The Morgan fingerprint density at radius 2 is 1.76 bits per heavy atom. The minimum atomic E-state index is 0.440. The lowest BCUT2D eigenvalue weighted by Crippen LogP contribution is -2.06. The van der Waals surface area contributed by atoms with Crippen molar-refractivity contribution < 1.29 is 4.74 Å². The van der Waals surface area contributed by atoms with Gasteiger partial charge in [0, 0.05) is 5.69 Å². The second-order valence-corrected chi connectivity index (χ2v) is 5.53. The lowest BCUT2D eigenvalue weighted by Gasteiger charge is -2.15. The van der Waals surface area contributed by atoms with Gasteiger partial charge in [0.1, 0.15) is 17.8 Å². The summed E-state index contributed by atoms with van der Waals surface area (Å²) in [5.74, 6) is 1.82. The van der Waals surface area contributed by atoms with Gasteiger partial charge in [-0.1, -0.05) is 24.3 Å². The molecule has 1 aromatic heterocycles. The van der Waals surface area contributed by atoms with E-state index in [1.54, 1.807) is 0 Å². The van der Waals surface area contributed by atoms with Crippen molar-refractivity contribution in [1.82, 2.24) is 9.97 Å². The summed E-state index contributed by atoms with van der Waals surface area (Å²) < 4.78 is 5.63. The van der Waals surface area contributed by atoms with Crippen LogP contribution in [0.1, 0.15) is 12.5 Å². The predicted molar refractivity (Wildman–Crippen MR) is 102 cm³/mol. The number of aryl methyl sites for hydroxylation is 1. The number of nitrogens with two attached hydrogens (primary N) is 1. The van der Waals surface area contributed by atoms with Crippen molar-refractivity contribution in [3.63, 3.8) is 0 Å². The molecule has 0 saturated heterocycles. The van der Waals surface area contributed by atoms with Gasteiger partial charge in [-0.15, -0.1) is 0 Å². The van der Waals surface area contributed by atoms with E-state index in [1.165, 1.54) is 6.33 Å². The fourth-order valence-corrected chi connectivity index (χ4v) is 2.43. The van der Waals surface area contributed by atoms with Crippen LogP contribution in [0.25, 0.3) is 0 Å². The molecule has 0 aliphatic rings. The number of nitrogens with zero attached hydrogens (tertiary/aromatic N) is 2. The number of benzene rings is 2. The first-order valence-corrected chi connectivity index (χ1v) is 8.10. The van der Waals surface area contributed by atoms with Crippen molar-refractivity contribution >= 4 is 28.7 Å². The first-order chi connectivity index (χ1) is 12.2. The number of para-hydroxylation sites is 2. The maximum absolute atomic E-state index is 6.25. The van der Waals surface area contributed by atoms with E-state index in [0.717, 1.165) is 22.7 Å². The monoisotopic (exact) mass is 335 g/mol. The number of nitrogen functional groups attached to an aromatic ring is 1. The summed E-state index contributed by atoms with van der Waals surface area (Å²) >= 11 is 0. The quantitative estimate of drug-likeness (QED) is 0.624. The van der Waals surface area contributed by atoms with E-state index in [-0.39, 0.29) is 0 Å². The minimum Gasteiger partial charge on any atom is -0.492 e. The van der Waals surface area contributed by atoms with Crippen LogP contribution >= 0.6 is 0 Å². The number of ether oxygens (including phenoxy) is 1. The van der Waals surface area contributed by atoms with Crippen molar-refractivity contribution in [3.05, 3.63) is 60.4 Å². The van der Waals surface area contributed by atoms with Crippen LogP contribution in [-0.4, -0.2) is 16.6 Å². The van der Waals surface area contributed by atoms with Gasteiger partial charge in [-0.05, 0) is 43.7 Å². The molecule has 0 fully saturated rings. The molecule has 0 bridgehead atoms. The molecule has 3 rings (SSSR count). The zero-order valence-electron chi connectivity index (χ0n) is 14.3. The Labute approximate surface area is 147 Å². The molecular formula is C19H21N5O. The third-order valence-electron chi connectivity index (χ3n) is 3.60. The van der Waals surface area contributed by atoms with Gasteiger partial charge in [0.15, 0.2) is 11.6 Å². The normalized spacial score (nSPS) is 10.3. The molecule has 6 heteroatoms. The van der Waals surface area contributed by atoms with Crippen molar-refractivity contribution in [3.8, 4) is 5.75 Å². The van der Waals surface area contributed by atoms with Crippen molar-refractivity contribution in [2.24, 2.45) is 0 Å². The van der Waals surface area contributed by atoms with Crippen LogP contribution in [0.2, 0.25) is 0 Å². The largest absolute Gasteiger partial charge is 0.492 e. The van der Waals surface area contributed by atoms with Gasteiger partial charge in [0.2, 0.25) is 0 Å². The molecule has 0 aliphatic carbocycles. The van der Waals surface area contributed by atoms with Gasteiger partial charge in [0.05, 0.1) is 12.3 Å². The Kier molecular flexibility index (Phi) is 4.99. The molecule has 0 radical (unpaired) electrons. The van der Waals surface area contributed by atoms with Gasteiger partial charge >= 0.3 is 0 Å². The van der Waals surface area contributed by atoms with E-state index in [2.05, 4.69) is 20.6 Å². The van der Waals surface area contributed by atoms with Gasteiger partial charge in [-0.25, -0.2) is 9.97 Å². The maximum Gasteiger partial charge on any atom is 0.159 e. The Morgan fingerprint density at radius 3 is 2.52 bits per heavy atom. The summed E-state index contributed by atoms with van der Waals surface area (Å²) in [7, 11) is 0. The number of nitrogens with one attached hydrogen (secondary N) is 2. The van der Waals surface area contributed by atoms with Crippen LogP contribution in [0.15, 0.2) is 54.9 Å². The minimum absolute atomic E-state index is 0.440. The Hall–Kier alpha value is -3.28. The first-order valence-electron chi connectivity index (χ1n) is 8.10. The summed E-state index contributed by atoms with van der Waals surface area (Å²) in [4.78, 5) is 8.50. The molecule has 3 aromatic rings. The average Bonchev–Trinajstić information content (AvgIpc) is 2.60. The fourth-order valence-electron chi connectivity index (χ4n) is 2.43. The summed E-state index contributed by atoms with van der Waals surface area (Å²) in [6.07, 6.45) is 1.47. The van der Waals surface area contributed by atoms with E-state index >= 15 is 0 Å². The van der Waals surface area contributed by atoms with E-state index in [1.807, 2.05) is 62.4 Å².